The molecule has 0 radical (unpaired) electrons. The van der Waals surface area contributed by atoms with Crippen LogP contribution in [0.15, 0.2) is 54.6 Å². The summed E-state index contributed by atoms with van der Waals surface area (Å²) >= 11 is 0. The van der Waals surface area contributed by atoms with Gasteiger partial charge in [0.25, 0.3) is 0 Å². The van der Waals surface area contributed by atoms with Crippen LogP contribution in [-0.2, 0) is 0 Å². The van der Waals surface area contributed by atoms with Gasteiger partial charge in [-0.05, 0) is 18.6 Å². The summed E-state index contributed by atoms with van der Waals surface area (Å²) in [5.74, 6) is 0. The Bertz CT molecular complexity index is 333. The van der Waals surface area contributed by atoms with Crippen LogP contribution in [-0.4, -0.2) is 5.71 Å². The summed E-state index contributed by atoms with van der Waals surface area (Å²) in [4.78, 5) is 4.27. The highest BCUT2D eigenvalue weighted by atomic mass is 14.7. The van der Waals surface area contributed by atoms with E-state index in [1.807, 2.05) is 37.3 Å². The molecule has 0 N–H and O–H groups in total. The molecule has 0 heterocycles. The molecule has 0 aliphatic rings. The standard InChI is InChI=1S/C12H13N/c1-4-10(2)13-11(3)12-8-6-5-7-9-12/h4-9H,1,3H2,2H3. The van der Waals surface area contributed by atoms with Gasteiger partial charge in [0.2, 0.25) is 0 Å². The fourth-order valence-corrected chi connectivity index (χ4v) is 0.954. The van der Waals surface area contributed by atoms with Gasteiger partial charge < -0.3 is 0 Å². The average Bonchev–Trinajstić information content (AvgIpc) is 2.19. The number of nitrogens with zero attached hydrogens (tertiary/aromatic N) is 1. The predicted octanol–water partition coefficient (Wildman–Crippen LogP) is 3.30. The number of hydrogen-bond acceptors (Lipinski definition) is 1. The van der Waals surface area contributed by atoms with Crippen molar-refractivity contribution < 1.29 is 0 Å². The molecule has 0 bridgehead atoms. The predicted molar refractivity (Wildman–Crippen MR) is 58.8 cm³/mol. The highest BCUT2D eigenvalue weighted by molar-refractivity contribution is 5.95. The zero-order valence-electron chi connectivity index (χ0n) is 7.83. The molecule has 0 fully saturated rings. The summed E-state index contributed by atoms with van der Waals surface area (Å²) in [5.41, 5.74) is 2.70. The minimum Gasteiger partial charge on any atom is -0.254 e. The fourth-order valence-electron chi connectivity index (χ4n) is 0.954. The van der Waals surface area contributed by atoms with Gasteiger partial charge in [-0.3, -0.25) is 4.99 Å². The molecular formula is C12H13N. The van der Waals surface area contributed by atoms with Crippen molar-refractivity contribution in [2.24, 2.45) is 4.99 Å². The smallest absolute Gasteiger partial charge is 0.0633 e. The molecule has 0 spiro atoms. The number of allylic oxidation sites excluding steroid dienone is 1. The van der Waals surface area contributed by atoms with E-state index in [4.69, 9.17) is 0 Å². The van der Waals surface area contributed by atoms with E-state index >= 15 is 0 Å². The van der Waals surface area contributed by atoms with Crippen molar-refractivity contribution in [2.45, 2.75) is 6.92 Å². The third kappa shape index (κ3) is 2.71. The minimum atomic E-state index is 0.776. The summed E-state index contributed by atoms with van der Waals surface area (Å²) in [6.07, 6.45) is 1.72. The van der Waals surface area contributed by atoms with Gasteiger partial charge in [0.1, 0.15) is 0 Å². The molecule has 0 amide bonds. The van der Waals surface area contributed by atoms with Gasteiger partial charge in [-0.1, -0.05) is 43.5 Å². The number of aliphatic imine (C=N–C) groups is 1. The van der Waals surface area contributed by atoms with Crippen LogP contribution in [0, 0.1) is 0 Å². The van der Waals surface area contributed by atoms with E-state index in [-0.39, 0.29) is 0 Å². The lowest BCUT2D eigenvalue weighted by Crippen LogP contribution is -1.85. The first-order chi connectivity index (χ1) is 6.24. The summed E-state index contributed by atoms with van der Waals surface area (Å²) < 4.78 is 0. The third-order valence-electron chi connectivity index (χ3n) is 1.71. The lowest BCUT2D eigenvalue weighted by Gasteiger charge is -1.99. The lowest BCUT2D eigenvalue weighted by molar-refractivity contribution is 1.50. The average molecular weight is 171 g/mol. The topological polar surface area (TPSA) is 12.4 Å². The molecule has 66 valence electrons. The maximum Gasteiger partial charge on any atom is 0.0633 e. The van der Waals surface area contributed by atoms with Crippen LogP contribution >= 0.6 is 0 Å². The van der Waals surface area contributed by atoms with Crippen molar-refractivity contribution in [3.05, 3.63) is 55.1 Å². The molecule has 13 heavy (non-hydrogen) atoms. The Kier molecular flexibility index (Phi) is 3.21. The second kappa shape index (κ2) is 4.41. The Morgan fingerprint density at radius 1 is 1.31 bits per heavy atom. The fraction of sp³-hybridized carbons (Fsp3) is 0.0833. The van der Waals surface area contributed by atoms with Gasteiger partial charge in [0, 0.05) is 5.71 Å². The van der Waals surface area contributed by atoms with Crippen molar-refractivity contribution in [3.63, 3.8) is 0 Å². The summed E-state index contributed by atoms with van der Waals surface area (Å²) in [5, 5.41) is 0. The Morgan fingerprint density at radius 2 is 1.92 bits per heavy atom. The number of rotatable bonds is 3. The van der Waals surface area contributed by atoms with Crippen LogP contribution in [0.3, 0.4) is 0 Å². The first-order valence-corrected chi connectivity index (χ1v) is 4.16. The molecule has 0 saturated carbocycles. The van der Waals surface area contributed by atoms with E-state index < -0.39 is 0 Å². The molecule has 1 aromatic carbocycles. The summed E-state index contributed by atoms with van der Waals surface area (Å²) in [6, 6.07) is 9.89. The van der Waals surface area contributed by atoms with E-state index in [1.165, 1.54) is 0 Å². The Balaban J connectivity index is 2.87. The van der Waals surface area contributed by atoms with Gasteiger partial charge in [-0.2, -0.15) is 0 Å². The quantitative estimate of drug-likeness (QED) is 0.619. The zero-order valence-corrected chi connectivity index (χ0v) is 7.83. The van der Waals surface area contributed by atoms with Crippen LogP contribution in [0.2, 0.25) is 0 Å². The Hall–Kier alpha value is -1.63. The van der Waals surface area contributed by atoms with E-state index in [2.05, 4.69) is 18.2 Å². The van der Waals surface area contributed by atoms with E-state index in [0.29, 0.717) is 0 Å². The van der Waals surface area contributed by atoms with Gasteiger partial charge in [-0.25, -0.2) is 0 Å². The van der Waals surface area contributed by atoms with E-state index in [1.54, 1.807) is 6.08 Å². The first-order valence-electron chi connectivity index (χ1n) is 4.16. The van der Waals surface area contributed by atoms with Gasteiger partial charge in [-0.15, -0.1) is 0 Å². The van der Waals surface area contributed by atoms with Crippen LogP contribution in [0.4, 0.5) is 0 Å². The first kappa shape index (κ1) is 9.46. The van der Waals surface area contributed by atoms with Crippen molar-refractivity contribution >= 4 is 11.4 Å². The van der Waals surface area contributed by atoms with E-state index in [9.17, 15) is 0 Å². The van der Waals surface area contributed by atoms with Crippen LogP contribution in [0.5, 0.6) is 0 Å². The largest absolute Gasteiger partial charge is 0.254 e. The Morgan fingerprint density at radius 3 is 2.46 bits per heavy atom. The monoisotopic (exact) mass is 171 g/mol. The van der Waals surface area contributed by atoms with Crippen LogP contribution in [0.1, 0.15) is 12.5 Å². The number of benzene rings is 1. The maximum atomic E-state index is 4.27. The molecule has 0 unspecified atom stereocenters. The molecule has 0 saturated heterocycles. The van der Waals surface area contributed by atoms with Crippen molar-refractivity contribution in [1.29, 1.82) is 0 Å². The summed E-state index contributed by atoms with van der Waals surface area (Å²) in [6.45, 7) is 9.42. The molecule has 0 atom stereocenters. The molecule has 1 heteroatoms. The molecule has 1 nitrogen and oxygen atoms in total. The highest BCUT2D eigenvalue weighted by Crippen LogP contribution is 2.12. The molecule has 1 aromatic rings. The van der Waals surface area contributed by atoms with Gasteiger partial charge in [0.15, 0.2) is 0 Å². The van der Waals surface area contributed by atoms with Crippen LogP contribution in [0.25, 0.3) is 5.70 Å². The molecule has 0 aliphatic heterocycles. The van der Waals surface area contributed by atoms with Crippen molar-refractivity contribution in [1.82, 2.24) is 0 Å². The molecule has 0 aliphatic carbocycles. The minimum absolute atomic E-state index is 0.776. The SMILES string of the molecule is C=CC(C)=NC(=C)c1ccccc1. The van der Waals surface area contributed by atoms with Crippen molar-refractivity contribution in [3.8, 4) is 0 Å². The molecular weight excluding hydrogens is 158 g/mol. The second-order valence-corrected chi connectivity index (χ2v) is 2.77. The third-order valence-corrected chi connectivity index (χ3v) is 1.71. The second-order valence-electron chi connectivity index (χ2n) is 2.77. The number of hydrogen-bond donors (Lipinski definition) is 0. The normalized spacial score (nSPS) is 11.0. The van der Waals surface area contributed by atoms with Crippen LogP contribution < -0.4 is 0 Å². The van der Waals surface area contributed by atoms with Gasteiger partial charge >= 0.3 is 0 Å². The molecule has 0 aromatic heterocycles. The highest BCUT2D eigenvalue weighted by Gasteiger charge is 1.94. The Labute approximate surface area is 79.1 Å². The van der Waals surface area contributed by atoms with E-state index in [0.717, 1.165) is 17.0 Å². The lowest BCUT2D eigenvalue weighted by atomic mass is 10.2. The maximum absolute atomic E-state index is 4.27. The zero-order chi connectivity index (χ0) is 9.68. The molecule has 1 rings (SSSR count). The van der Waals surface area contributed by atoms with Gasteiger partial charge in [0.05, 0.1) is 5.70 Å². The summed E-state index contributed by atoms with van der Waals surface area (Å²) in [7, 11) is 0. The van der Waals surface area contributed by atoms with Crippen molar-refractivity contribution in [2.75, 3.05) is 0 Å².